The van der Waals surface area contributed by atoms with Gasteiger partial charge in [0.1, 0.15) is 0 Å². The zero-order chi connectivity index (χ0) is 21.6. The molecule has 0 radical (unpaired) electrons. The lowest BCUT2D eigenvalue weighted by Gasteiger charge is -2.16. The maximum atomic E-state index is 14.7. The number of carbonyl (C=O) groups is 1. The van der Waals surface area contributed by atoms with Crippen LogP contribution in [-0.4, -0.2) is 16.4 Å². The first-order chi connectivity index (χ1) is 13.9. The summed E-state index contributed by atoms with van der Waals surface area (Å²) in [5, 5.41) is 19.2. The van der Waals surface area contributed by atoms with Crippen LogP contribution in [-0.2, 0) is 12.8 Å². The first-order valence-corrected chi connectivity index (χ1v) is 11.1. The fourth-order valence-electron chi connectivity index (χ4n) is 3.62. The van der Waals surface area contributed by atoms with Crippen molar-refractivity contribution >= 4 is 6.16 Å². The number of hydrogen-bond acceptors (Lipinski definition) is 3. The van der Waals surface area contributed by atoms with Crippen LogP contribution in [0.25, 0.3) is 0 Å². The molecular weight excluding hydrogens is 378 g/mol. The van der Waals surface area contributed by atoms with Crippen molar-refractivity contribution in [2.24, 2.45) is 0 Å². The Labute approximate surface area is 173 Å². The van der Waals surface area contributed by atoms with Crippen molar-refractivity contribution in [3.05, 3.63) is 22.8 Å². The summed E-state index contributed by atoms with van der Waals surface area (Å²) in [6.07, 6.45) is 11.1. The third-order valence-electron chi connectivity index (χ3n) is 5.27. The zero-order valence-electron chi connectivity index (χ0n) is 17.9. The van der Waals surface area contributed by atoms with Crippen LogP contribution in [0.4, 0.5) is 13.6 Å². The van der Waals surface area contributed by atoms with E-state index >= 15 is 0 Å². The van der Waals surface area contributed by atoms with E-state index in [-0.39, 0.29) is 11.1 Å². The summed E-state index contributed by atoms with van der Waals surface area (Å²) in [6, 6.07) is 0. The highest BCUT2D eigenvalue weighted by atomic mass is 19.2. The summed E-state index contributed by atoms with van der Waals surface area (Å²) in [6.45, 7) is 4.27. The molecule has 0 aliphatic rings. The molecule has 29 heavy (non-hydrogen) atoms. The molecule has 1 aromatic carbocycles. The van der Waals surface area contributed by atoms with Gasteiger partial charge in [-0.05, 0) is 31.2 Å². The molecule has 0 spiro atoms. The first-order valence-electron chi connectivity index (χ1n) is 11.1. The van der Waals surface area contributed by atoms with E-state index in [0.717, 1.165) is 70.6 Å². The molecule has 4 nitrogen and oxygen atoms in total. The smallest absolute Gasteiger partial charge is 0.504 e. The molecule has 0 bridgehead atoms. The van der Waals surface area contributed by atoms with Crippen LogP contribution in [0.2, 0.25) is 0 Å². The van der Waals surface area contributed by atoms with E-state index < -0.39 is 29.3 Å². The molecule has 0 saturated carbocycles. The van der Waals surface area contributed by atoms with Gasteiger partial charge in [-0.2, -0.15) is 4.39 Å². The molecule has 1 rings (SSSR count). The Morgan fingerprint density at radius 2 is 1.21 bits per heavy atom. The van der Waals surface area contributed by atoms with Crippen LogP contribution in [0, 0.1) is 11.6 Å². The van der Waals surface area contributed by atoms with Crippen molar-refractivity contribution in [3.63, 3.8) is 0 Å². The molecule has 0 amide bonds. The van der Waals surface area contributed by atoms with Gasteiger partial charge in [-0.3, -0.25) is 0 Å². The van der Waals surface area contributed by atoms with Gasteiger partial charge in [0.2, 0.25) is 11.6 Å². The number of phenolic OH excluding ortho intramolecular Hbond substituents is 1. The second kappa shape index (κ2) is 14.2. The summed E-state index contributed by atoms with van der Waals surface area (Å²) in [4.78, 5) is 10.8. The lowest BCUT2D eigenvalue weighted by molar-refractivity contribution is 0.140. The van der Waals surface area contributed by atoms with E-state index in [2.05, 4.69) is 18.6 Å². The average molecular weight is 415 g/mol. The summed E-state index contributed by atoms with van der Waals surface area (Å²) in [5.74, 6) is -4.05. The fourth-order valence-corrected chi connectivity index (χ4v) is 3.62. The van der Waals surface area contributed by atoms with Crippen LogP contribution < -0.4 is 4.74 Å². The van der Waals surface area contributed by atoms with Crippen molar-refractivity contribution in [1.82, 2.24) is 0 Å². The molecule has 2 N–H and O–H groups in total. The monoisotopic (exact) mass is 414 g/mol. The third-order valence-corrected chi connectivity index (χ3v) is 5.27. The number of ether oxygens (including phenoxy) is 1. The number of benzene rings is 1. The SMILES string of the molecule is CCCCCCCCc1c(O)c(OC(=O)O)c(F)c(F)c1CCCCCCCC. The third kappa shape index (κ3) is 8.58. The first kappa shape index (κ1) is 25.2. The molecule has 0 fully saturated rings. The number of halogens is 2. The van der Waals surface area contributed by atoms with Crippen molar-refractivity contribution in [2.45, 2.75) is 104 Å². The molecule has 0 aliphatic heterocycles. The minimum absolute atomic E-state index is 0.154. The number of rotatable bonds is 15. The Bertz CT molecular complexity index is 632. The quantitative estimate of drug-likeness (QED) is 0.177. The standard InChI is InChI=1S/C23H36F2O4/c1-3-5-7-9-11-13-15-17-18(16-14-12-10-8-6-4-2)21(26)22(29-23(27)28)20(25)19(17)24/h26H,3-16H2,1-2H3,(H,27,28). The molecule has 0 atom stereocenters. The van der Waals surface area contributed by atoms with E-state index in [1.807, 2.05) is 0 Å². The minimum Gasteiger partial charge on any atom is -0.504 e. The Morgan fingerprint density at radius 1 is 0.759 bits per heavy atom. The fraction of sp³-hybridized carbons (Fsp3) is 0.696. The highest BCUT2D eigenvalue weighted by Crippen LogP contribution is 2.39. The van der Waals surface area contributed by atoms with Crippen molar-refractivity contribution in [3.8, 4) is 11.5 Å². The largest absolute Gasteiger partial charge is 0.511 e. The topological polar surface area (TPSA) is 66.8 Å². The zero-order valence-corrected chi connectivity index (χ0v) is 17.9. The van der Waals surface area contributed by atoms with Crippen molar-refractivity contribution in [2.75, 3.05) is 0 Å². The van der Waals surface area contributed by atoms with Gasteiger partial charge in [0.15, 0.2) is 11.6 Å². The van der Waals surface area contributed by atoms with Crippen molar-refractivity contribution < 1.29 is 28.5 Å². The Kier molecular flexibility index (Phi) is 12.3. The molecule has 0 aliphatic carbocycles. The summed E-state index contributed by atoms with van der Waals surface area (Å²) < 4.78 is 33.4. The number of aromatic hydroxyl groups is 1. The normalized spacial score (nSPS) is 11.0. The van der Waals surface area contributed by atoms with E-state index in [9.17, 15) is 18.7 Å². The summed E-state index contributed by atoms with van der Waals surface area (Å²) >= 11 is 0. The molecule has 1 aromatic rings. The predicted octanol–water partition coefficient (Wildman–Crippen LogP) is 7.53. The molecule has 0 aromatic heterocycles. The number of phenols is 1. The maximum Gasteiger partial charge on any atom is 0.511 e. The van der Waals surface area contributed by atoms with E-state index in [0.29, 0.717) is 19.3 Å². The molecule has 0 heterocycles. The summed E-state index contributed by atoms with van der Waals surface area (Å²) in [7, 11) is 0. The van der Waals surface area contributed by atoms with Gasteiger partial charge in [-0.15, -0.1) is 0 Å². The van der Waals surface area contributed by atoms with Gasteiger partial charge in [0.05, 0.1) is 0 Å². The van der Waals surface area contributed by atoms with E-state index in [1.165, 1.54) is 0 Å². The highest BCUT2D eigenvalue weighted by Gasteiger charge is 2.26. The van der Waals surface area contributed by atoms with Gasteiger partial charge in [-0.25, -0.2) is 9.18 Å². The number of unbranched alkanes of at least 4 members (excludes halogenated alkanes) is 10. The minimum atomic E-state index is -1.78. The van der Waals surface area contributed by atoms with E-state index in [1.54, 1.807) is 0 Å². The second-order valence-electron chi connectivity index (χ2n) is 7.67. The molecule has 166 valence electrons. The van der Waals surface area contributed by atoms with Crippen LogP contribution in [0.3, 0.4) is 0 Å². The van der Waals surface area contributed by atoms with Crippen molar-refractivity contribution in [1.29, 1.82) is 0 Å². The Morgan fingerprint density at radius 3 is 1.69 bits per heavy atom. The lowest BCUT2D eigenvalue weighted by atomic mass is 9.94. The molecule has 6 heteroatoms. The van der Waals surface area contributed by atoms with Crippen LogP contribution in [0.5, 0.6) is 11.5 Å². The maximum absolute atomic E-state index is 14.7. The van der Waals surface area contributed by atoms with Crippen LogP contribution >= 0.6 is 0 Å². The van der Waals surface area contributed by atoms with Crippen LogP contribution in [0.15, 0.2) is 0 Å². The van der Waals surface area contributed by atoms with Gasteiger partial charge in [0, 0.05) is 5.56 Å². The molecule has 0 unspecified atom stereocenters. The number of hydrogen-bond donors (Lipinski definition) is 2. The molecule has 0 saturated heterocycles. The highest BCUT2D eigenvalue weighted by molar-refractivity contribution is 5.64. The van der Waals surface area contributed by atoms with Gasteiger partial charge in [0.25, 0.3) is 0 Å². The van der Waals surface area contributed by atoms with Gasteiger partial charge in [-0.1, -0.05) is 78.1 Å². The molecular formula is C23H36F2O4. The van der Waals surface area contributed by atoms with Gasteiger partial charge < -0.3 is 14.9 Å². The van der Waals surface area contributed by atoms with E-state index in [4.69, 9.17) is 5.11 Å². The summed E-state index contributed by atoms with van der Waals surface area (Å²) in [5.41, 5.74) is 0.436. The lowest BCUT2D eigenvalue weighted by Crippen LogP contribution is -2.10. The second-order valence-corrected chi connectivity index (χ2v) is 7.67. The predicted molar refractivity (Wildman–Crippen MR) is 111 cm³/mol. The average Bonchev–Trinajstić information content (AvgIpc) is 2.69. The Balaban J connectivity index is 2.92. The van der Waals surface area contributed by atoms with Crippen LogP contribution in [0.1, 0.15) is 102 Å². The number of carboxylic acid groups (broad SMARTS) is 1. The van der Waals surface area contributed by atoms with Gasteiger partial charge >= 0.3 is 6.16 Å². The Hall–Kier alpha value is -1.85.